The minimum Gasteiger partial charge on any atom is -0.379 e. The molecule has 4 heteroatoms. The van der Waals surface area contributed by atoms with Gasteiger partial charge in [0.05, 0.1) is 17.0 Å². The second kappa shape index (κ2) is 4.09. The number of ketones is 2. The number of carbonyl (C=O) groups excluding carboxylic acids is 2. The van der Waals surface area contributed by atoms with Gasteiger partial charge in [-0.15, -0.1) is 6.58 Å². The molecule has 0 radical (unpaired) electrons. The van der Waals surface area contributed by atoms with Crippen molar-refractivity contribution in [1.82, 2.24) is 5.32 Å². The summed E-state index contributed by atoms with van der Waals surface area (Å²) in [7, 11) is 0. The fourth-order valence-corrected chi connectivity index (χ4v) is 1.14. The van der Waals surface area contributed by atoms with Crippen molar-refractivity contribution in [3.8, 4) is 0 Å². The van der Waals surface area contributed by atoms with E-state index in [9.17, 15) is 9.59 Å². The van der Waals surface area contributed by atoms with Crippen LogP contribution >= 0.6 is 12.2 Å². The summed E-state index contributed by atoms with van der Waals surface area (Å²) in [6.07, 6.45) is 2.91. The Morgan fingerprint density at radius 3 is 2.92 bits per heavy atom. The zero-order valence-corrected chi connectivity index (χ0v) is 7.82. The molecule has 0 spiro atoms. The Balaban J connectivity index is 2.77. The van der Waals surface area contributed by atoms with E-state index in [0.717, 1.165) is 0 Å². The fourth-order valence-electron chi connectivity index (χ4n) is 0.952. The minimum absolute atomic E-state index is 0.0458. The van der Waals surface area contributed by atoms with Crippen molar-refractivity contribution >= 4 is 28.6 Å². The predicted molar refractivity (Wildman–Crippen MR) is 53.5 cm³/mol. The number of carbonyl (C=O) groups is 2. The number of Topliss-reactive ketones (excluding diaryl/α,β-unsaturated/α-hetero) is 1. The third-order valence-electron chi connectivity index (χ3n) is 1.61. The molecule has 1 rings (SSSR count). The molecule has 0 saturated carbocycles. The number of hydrogen-bond donors (Lipinski definition) is 1. The highest BCUT2D eigenvalue weighted by molar-refractivity contribution is 7.82. The molecular weight excluding hydrogens is 186 g/mol. The standard InChI is InChI=1S/C9H9NO2S/c1-2-3-10-6-4-8(12)9(13)5-7(6)11/h2,4,10H,1,3,5H2. The Kier molecular flexibility index (Phi) is 3.08. The van der Waals surface area contributed by atoms with Crippen LogP contribution in [0.25, 0.3) is 0 Å². The Morgan fingerprint density at radius 2 is 2.31 bits per heavy atom. The number of allylic oxidation sites excluding steroid dienone is 2. The molecule has 0 bridgehead atoms. The summed E-state index contributed by atoms with van der Waals surface area (Å²) in [6.45, 7) is 3.96. The third kappa shape index (κ3) is 2.32. The first-order valence-corrected chi connectivity index (χ1v) is 4.23. The van der Waals surface area contributed by atoms with E-state index in [4.69, 9.17) is 12.2 Å². The maximum Gasteiger partial charge on any atom is 0.195 e. The molecule has 0 unspecified atom stereocenters. The van der Waals surface area contributed by atoms with E-state index >= 15 is 0 Å². The average molecular weight is 195 g/mol. The van der Waals surface area contributed by atoms with Crippen molar-refractivity contribution in [2.75, 3.05) is 6.54 Å². The van der Waals surface area contributed by atoms with Gasteiger partial charge in [0, 0.05) is 12.6 Å². The maximum atomic E-state index is 11.3. The number of hydrogen-bond acceptors (Lipinski definition) is 4. The molecule has 0 aromatic carbocycles. The van der Waals surface area contributed by atoms with Gasteiger partial charge in [0.15, 0.2) is 11.6 Å². The molecule has 0 fully saturated rings. The highest BCUT2D eigenvalue weighted by Gasteiger charge is 2.22. The van der Waals surface area contributed by atoms with Crippen LogP contribution in [0.5, 0.6) is 0 Å². The first-order chi connectivity index (χ1) is 6.15. The molecule has 0 aromatic heterocycles. The highest BCUT2D eigenvalue weighted by Crippen LogP contribution is 2.07. The van der Waals surface area contributed by atoms with Gasteiger partial charge in [-0.1, -0.05) is 18.3 Å². The van der Waals surface area contributed by atoms with Crippen LogP contribution < -0.4 is 5.32 Å². The van der Waals surface area contributed by atoms with Crippen molar-refractivity contribution in [3.63, 3.8) is 0 Å². The first kappa shape index (κ1) is 9.80. The molecule has 0 saturated heterocycles. The van der Waals surface area contributed by atoms with Gasteiger partial charge < -0.3 is 5.32 Å². The summed E-state index contributed by atoms with van der Waals surface area (Å²) >= 11 is 4.71. The van der Waals surface area contributed by atoms with E-state index in [-0.39, 0.29) is 22.9 Å². The summed E-state index contributed by atoms with van der Waals surface area (Å²) in [5.74, 6) is -0.382. The van der Waals surface area contributed by atoms with E-state index in [1.807, 2.05) is 0 Å². The second-order valence-corrected chi connectivity index (χ2v) is 3.11. The van der Waals surface area contributed by atoms with Crippen LogP contribution in [0, 0.1) is 0 Å². The van der Waals surface area contributed by atoms with Crippen LogP contribution in [0.2, 0.25) is 0 Å². The summed E-state index contributed by atoms with van der Waals surface area (Å²) in [5.41, 5.74) is 0.332. The molecule has 1 aliphatic carbocycles. The molecule has 68 valence electrons. The van der Waals surface area contributed by atoms with Crippen LogP contribution in [0.15, 0.2) is 24.4 Å². The lowest BCUT2D eigenvalue weighted by Gasteiger charge is -2.12. The normalized spacial score (nSPS) is 16.9. The number of nitrogens with one attached hydrogen (secondary N) is 1. The predicted octanol–water partition coefficient (Wildman–Crippen LogP) is 0.558. The van der Waals surface area contributed by atoms with Gasteiger partial charge in [-0.3, -0.25) is 9.59 Å². The minimum atomic E-state index is -0.249. The van der Waals surface area contributed by atoms with Crippen molar-refractivity contribution in [3.05, 3.63) is 24.4 Å². The van der Waals surface area contributed by atoms with Crippen LogP contribution in [0.3, 0.4) is 0 Å². The lowest BCUT2D eigenvalue weighted by molar-refractivity contribution is -0.117. The Morgan fingerprint density at radius 1 is 1.62 bits per heavy atom. The van der Waals surface area contributed by atoms with Crippen LogP contribution in [-0.4, -0.2) is 23.0 Å². The van der Waals surface area contributed by atoms with Gasteiger partial charge in [0.2, 0.25) is 0 Å². The largest absolute Gasteiger partial charge is 0.379 e. The quantitative estimate of drug-likeness (QED) is 0.528. The van der Waals surface area contributed by atoms with Gasteiger partial charge in [0.1, 0.15) is 0 Å². The topological polar surface area (TPSA) is 46.2 Å². The number of rotatable bonds is 3. The molecule has 0 atom stereocenters. The zero-order chi connectivity index (χ0) is 9.84. The van der Waals surface area contributed by atoms with Gasteiger partial charge >= 0.3 is 0 Å². The van der Waals surface area contributed by atoms with E-state index in [2.05, 4.69) is 11.9 Å². The SMILES string of the molecule is C=CCNC1=CC(=O)C(=S)CC1=O. The lowest BCUT2D eigenvalue weighted by atomic mass is 10.0. The Bertz CT molecular complexity index is 318. The molecule has 13 heavy (non-hydrogen) atoms. The molecule has 3 nitrogen and oxygen atoms in total. The first-order valence-electron chi connectivity index (χ1n) is 3.82. The fraction of sp³-hybridized carbons (Fsp3) is 0.222. The van der Waals surface area contributed by atoms with Crippen LogP contribution in [-0.2, 0) is 9.59 Å². The van der Waals surface area contributed by atoms with E-state index in [1.165, 1.54) is 6.08 Å². The van der Waals surface area contributed by atoms with E-state index in [0.29, 0.717) is 12.2 Å². The van der Waals surface area contributed by atoms with Crippen LogP contribution in [0.4, 0.5) is 0 Å². The van der Waals surface area contributed by atoms with Crippen molar-refractivity contribution in [2.24, 2.45) is 0 Å². The summed E-state index contributed by atoms with van der Waals surface area (Å²) in [5, 5.41) is 2.79. The lowest BCUT2D eigenvalue weighted by Crippen LogP contribution is -2.29. The monoisotopic (exact) mass is 195 g/mol. The molecule has 1 N–H and O–H groups in total. The van der Waals surface area contributed by atoms with Crippen molar-refractivity contribution in [1.29, 1.82) is 0 Å². The highest BCUT2D eigenvalue weighted by atomic mass is 32.1. The smallest absolute Gasteiger partial charge is 0.195 e. The van der Waals surface area contributed by atoms with Gasteiger partial charge in [-0.2, -0.15) is 0 Å². The Labute approximate surface area is 81.5 Å². The average Bonchev–Trinajstić information content (AvgIpc) is 2.09. The van der Waals surface area contributed by atoms with E-state index in [1.54, 1.807) is 6.08 Å². The zero-order valence-electron chi connectivity index (χ0n) is 7.00. The molecule has 0 aromatic rings. The Hall–Kier alpha value is -1.29. The van der Waals surface area contributed by atoms with E-state index < -0.39 is 0 Å². The summed E-state index contributed by atoms with van der Waals surface area (Å²) < 4.78 is 0. The second-order valence-electron chi connectivity index (χ2n) is 2.61. The summed E-state index contributed by atoms with van der Waals surface area (Å²) in [6, 6.07) is 0. The molecule has 0 amide bonds. The molecule has 0 heterocycles. The van der Waals surface area contributed by atoms with Crippen LogP contribution in [0.1, 0.15) is 6.42 Å². The van der Waals surface area contributed by atoms with Crippen molar-refractivity contribution in [2.45, 2.75) is 6.42 Å². The van der Waals surface area contributed by atoms with Gasteiger partial charge in [0.25, 0.3) is 0 Å². The van der Waals surface area contributed by atoms with Crippen molar-refractivity contribution < 1.29 is 9.59 Å². The van der Waals surface area contributed by atoms with Gasteiger partial charge in [-0.05, 0) is 0 Å². The molecule has 0 aliphatic heterocycles. The molecule has 1 aliphatic rings. The summed E-state index contributed by atoms with van der Waals surface area (Å²) in [4.78, 5) is 22.5. The third-order valence-corrected chi connectivity index (χ3v) is 1.95. The molecular formula is C9H9NO2S. The maximum absolute atomic E-state index is 11.3. The number of thiocarbonyl (C=S) groups is 1. The van der Waals surface area contributed by atoms with Gasteiger partial charge in [-0.25, -0.2) is 0 Å².